The summed E-state index contributed by atoms with van der Waals surface area (Å²) >= 11 is 0. The Kier molecular flexibility index (Phi) is 4.39. The lowest BCUT2D eigenvalue weighted by Crippen LogP contribution is -2.31. The smallest absolute Gasteiger partial charge is 0.267 e. The Hall–Kier alpha value is -2.19. The molecule has 0 aliphatic heterocycles. The van der Waals surface area contributed by atoms with Crippen LogP contribution in [-0.4, -0.2) is 19.9 Å². The van der Waals surface area contributed by atoms with Crippen molar-refractivity contribution in [3.8, 4) is 0 Å². The number of aromatic nitrogens is 1. The van der Waals surface area contributed by atoms with E-state index in [9.17, 15) is 12.8 Å². The summed E-state index contributed by atoms with van der Waals surface area (Å²) in [6.45, 7) is 1.87. The molecule has 2 aromatic rings. The van der Waals surface area contributed by atoms with Crippen LogP contribution in [-0.2, 0) is 10.0 Å². The molecule has 0 bridgehead atoms. The largest absolute Gasteiger partial charge is 0.323 e. The van der Waals surface area contributed by atoms with Gasteiger partial charge in [-0.15, -0.1) is 0 Å². The van der Waals surface area contributed by atoms with Crippen molar-refractivity contribution in [1.82, 2.24) is 4.98 Å². The summed E-state index contributed by atoms with van der Waals surface area (Å²) in [7, 11) is -3.85. The van der Waals surface area contributed by atoms with Crippen LogP contribution in [0.5, 0.6) is 0 Å². The third-order valence-electron chi connectivity index (χ3n) is 2.91. The van der Waals surface area contributed by atoms with Gasteiger partial charge in [-0.2, -0.15) is 0 Å². The summed E-state index contributed by atoms with van der Waals surface area (Å²) in [6.07, 6.45) is 2.65. The van der Waals surface area contributed by atoms with Crippen molar-refractivity contribution in [3.63, 3.8) is 0 Å². The number of hydrogen-bond acceptors (Lipinski definition) is 5. The molecule has 112 valence electrons. The molecule has 0 fully saturated rings. The first-order valence-corrected chi connectivity index (χ1v) is 7.63. The molecule has 0 radical (unpaired) electrons. The zero-order chi connectivity index (χ0) is 15.5. The van der Waals surface area contributed by atoms with Crippen LogP contribution in [0.15, 0.2) is 47.6 Å². The molecule has 1 heterocycles. The maximum absolute atomic E-state index is 13.0. The third kappa shape index (κ3) is 2.96. The average Bonchev–Trinajstić information content (AvgIpc) is 2.49. The molecule has 1 aromatic heterocycles. The van der Waals surface area contributed by atoms with Crippen LogP contribution < -0.4 is 15.6 Å². The molecule has 0 saturated heterocycles. The SMILES string of the molecule is CCN(c1ccc(F)cc1)S(=O)(=O)c1cnccc1NN. The molecular formula is C13H15FN4O2S. The molecule has 6 nitrogen and oxygen atoms in total. The standard InChI is InChI=1S/C13H15FN4O2S/c1-2-18(11-5-3-10(14)4-6-11)21(19,20)13-9-16-8-7-12(13)17-15/h3-9H,2,15H2,1H3,(H,16,17). The number of pyridine rings is 1. The lowest BCUT2D eigenvalue weighted by molar-refractivity contribution is 0.591. The monoisotopic (exact) mass is 310 g/mol. The molecule has 0 unspecified atom stereocenters. The summed E-state index contributed by atoms with van der Waals surface area (Å²) < 4.78 is 39.6. The Balaban J connectivity index is 2.52. The van der Waals surface area contributed by atoms with Gasteiger partial charge in [-0.25, -0.2) is 12.8 Å². The summed E-state index contributed by atoms with van der Waals surface area (Å²) in [6, 6.07) is 6.69. The first-order chi connectivity index (χ1) is 10.0. The molecular weight excluding hydrogens is 295 g/mol. The molecule has 1 aromatic carbocycles. The quantitative estimate of drug-likeness (QED) is 0.648. The lowest BCUT2D eigenvalue weighted by atomic mass is 10.3. The number of hydrazine groups is 1. The minimum Gasteiger partial charge on any atom is -0.323 e. The normalized spacial score (nSPS) is 11.2. The fraction of sp³-hybridized carbons (Fsp3) is 0.154. The molecule has 0 amide bonds. The van der Waals surface area contributed by atoms with Crippen LogP contribution in [0.4, 0.5) is 15.8 Å². The molecule has 21 heavy (non-hydrogen) atoms. The molecule has 8 heteroatoms. The number of sulfonamides is 1. The highest BCUT2D eigenvalue weighted by Crippen LogP contribution is 2.27. The van der Waals surface area contributed by atoms with Crippen molar-refractivity contribution in [3.05, 3.63) is 48.5 Å². The molecule has 0 saturated carbocycles. The van der Waals surface area contributed by atoms with Gasteiger partial charge in [0, 0.05) is 18.9 Å². The van der Waals surface area contributed by atoms with E-state index in [1.165, 1.54) is 42.7 Å². The van der Waals surface area contributed by atoms with Crippen molar-refractivity contribution in [1.29, 1.82) is 0 Å². The Morgan fingerprint density at radius 2 is 1.95 bits per heavy atom. The summed E-state index contributed by atoms with van der Waals surface area (Å²) in [5, 5.41) is 0. The van der Waals surface area contributed by atoms with Crippen LogP contribution in [0.1, 0.15) is 6.92 Å². The maximum Gasteiger partial charge on any atom is 0.267 e. The Labute approximate surface area is 122 Å². The number of rotatable bonds is 5. The van der Waals surface area contributed by atoms with Crippen molar-refractivity contribution in [2.24, 2.45) is 5.84 Å². The average molecular weight is 310 g/mol. The second-order valence-corrected chi connectivity index (χ2v) is 5.99. The van der Waals surface area contributed by atoms with Gasteiger partial charge in [-0.3, -0.25) is 15.1 Å². The van der Waals surface area contributed by atoms with E-state index in [2.05, 4.69) is 10.4 Å². The topological polar surface area (TPSA) is 88.3 Å². The van der Waals surface area contributed by atoms with Crippen molar-refractivity contribution < 1.29 is 12.8 Å². The number of nitrogens with zero attached hydrogens (tertiary/aromatic N) is 2. The molecule has 0 aliphatic carbocycles. The lowest BCUT2D eigenvalue weighted by Gasteiger charge is -2.23. The minimum absolute atomic E-state index is 0.0429. The van der Waals surface area contributed by atoms with Gasteiger partial charge in [-0.05, 0) is 37.3 Å². The van der Waals surface area contributed by atoms with Crippen molar-refractivity contribution in [2.45, 2.75) is 11.8 Å². The van der Waals surface area contributed by atoms with Gasteiger partial charge in [0.1, 0.15) is 10.7 Å². The van der Waals surface area contributed by atoms with E-state index in [1.54, 1.807) is 6.92 Å². The number of benzene rings is 1. The fourth-order valence-electron chi connectivity index (χ4n) is 1.92. The molecule has 2 rings (SSSR count). The molecule has 0 atom stereocenters. The number of nitrogen functional groups attached to an aromatic ring is 1. The number of anilines is 2. The predicted octanol–water partition coefficient (Wildman–Crippen LogP) is 1.72. The van der Waals surface area contributed by atoms with Gasteiger partial charge >= 0.3 is 0 Å². The van der Waals surface area contributed by atoms with Crippen LogP contribution in [0.2, 0.25) is 0 Å². The van der Waals surface area contributed by atoms with E-state index in [0.717, 1.165) is 4.31 Å². The third-order valence-corrected chi connectivity index (χ3v) is 4.84. The number of nitrogens with two attached hydrogens (primary N) is 1. The van der Waals surface area contributed by atoms with Gasteiger partial charge in [0.25, 0.3) is 10.0 Å². The van der Waals surface area contributed by atoms with Crippen LogP contribution in [0.25, 0.3) is 0 Å². The highest BCUT2D eigenvalue weighted by atomic mass is 32.2. The van der Waals surface area contributed by atoms with E-state index < -0.39 is 15.8 Å². The molecule has 3 N–H and O–H groups in total. The zero-order valence-electron chi connectivity index (χ0n) is 11.3. The van der Waals surface area contributed by atoms with E-state index in [1.807, 2.05) is 0 Å². The van der Waals surface area contributed by atoms with E-state index in [-0.39, 0.29) is 17.1 Å². The maximum atomic E-state index is 13.0. The summed E-state index contributed by atoms with van der Waals surface area (Å²) in [5.41, 5.74) is 2.94. The molecule has 0 spiro atoms. The second-order valence-electron chi connectivity index (χ2n) is 4.16. The first kappa shape index (κ1) is 15.2. The highest BCUT2D eigenvalue weighted by molar-refractivity contribution is 7.93. The molecule has 0 aliphatic rings. The van der Waals surface area contributed by atoms with Gasteiger partial charge in [0.15, 0.2) is 0 Å². The number of halogens is 1. The Bertz CT molecular complexity index is 719. The van der Waals surface area contributed by atoms with Crippen LogP contribution in [0, 0.1) is 5.82 Å². The van der Waals surface area contributed by atoms with Gasteiger partial charge < -0.3 is 5.43 Å². The van der Waals surface area contributed by atoms with Gasteiger partial charge in [0.2, 0.25) is 0 Å². The van der Waals surface area contributed by atoms with Crippen LogP contribution in [0.3, 0.4) is 0 Å². The Morgan fingerprint density at radius 3 is 2.52 bits per heavy atom. The van der Waals surface area contributed by atoms with E-state index in [4.69, 9.17) is 5.84 Å². The first-order valence-electron chi connectivity index (χ1n) is 6.19. The minimum atomic E-state index is -3.85. The summed E-state index contributed by atoms with van der Waals surface area (Å²) in [4.78, 5) is 3.78. The van der Waals surface area contributed by atoms with Gasteiger partial charge in [-0.1, -0.05) is 0 Å². The van der Waals surface area contributed by atoms with Crippen molar-refractivity contribution >= 4 is 21.4 Å². The van der Waals surface area contributed by atoms with Crippen LogP contribution >= 0.6 is 0 Å². The zero-order valence-corrected chi connectivity index (χ0v) is 12.1. The fourth-order valence-corrected chi connectivity index (χ4v) is 3.50. The van der Waals surface area contributed by atoms with E-state index in [0.29, 0.717) is 5.69 Å². The predicted molar refractivity (Wildman–Crippen MR) is 78.7 cm³/mol. The second kappa shape index (κ2) is 6.06. The van der Waals surface area contributed by atoms with E-state index >= 15 is 0 Å². The van der Waals surface area contributed by atoms with Crippen molar-refractivity contribution in [2.75, 3.05) is 16.3 Å². The number of nitrogens with one attached hydrogen (secondary N) is 1. The summed E-state index contributed by atoms with van der Waals surface area (Å²) in [5.74, 6) is 4.90. The highest BCUT2D eigenvalue weighted by Gasteiger charge is 2.26. The number of hydrogen-bond donors (Lipinski definition) is 2. The van der Waals surface area contributed by atoms with Gasteiger partial charge in [0.05, 0.1) is 11.4 Å². The Morgan fingerprint density at radius 1 is 1.29 bits per heavy atom.